The van der Waals surface area contributed by atoms with E-state index in [4.69, 9.17) is 4.43 Å². The third-order valence-electron chi connectivity index (χ3n) is 9.43. The van der Waals surface area contributed by atoms with Crippen molar-refractivity contribution < 1.29 is 27.2 Å². The minimum atomic E-state index is -4.56. The molecule has 1 saturated heterocycles. The number of halogens is 3. The maximum atomic E-state index is 14.0. The zero-order chi connectivity index (χ0) is 29.2. The normalized spacial score (nSPS) is 23.3. The average molecular weight is 579 g/mol. The molecular formula is C29H41F3N4O3Si. The number of amides is 2. The molecule has 0 spiro atoms. The molecule has 11 heteroatoms. The Hall–Kier alpha value is -2.40. The summed E-state index contributed by atoms with van der Waals surface area (Å²) in [6, 6.07) is 2.99. The summed E-state index contributed by atoms with van der Waals surface area (Å²) in [5, 5.41) is 0.148. The lowest BCUT2D eigenvalue weighted by molar-refractivity contribution is -0.139. The van der Waals surface area contributed by atoms with E-state index in [1.807, 2.05) is 4.90 Å². The van der Waals surface area contributed by atoms with Crippen LogP contribution >= 0.6 is 0 Å². The predicted molar refractivity (Wildman–Crippen MR) is 150 cm³/mol. The number of aryl methyl sites for hydroxylation is 1. The first-order valence-corrected chi connectivity index (χ1v) is 17.3. The largest absolute Gasteiger partial charge is 0.418 e. The van der Waals surface area contributed by atoms with Gasteiger partial charge in [0.25, 0.3) is 5.91 Å². The molecule has 1 aromatic heterocycles. The van der Waals surface area contributed by atoms with Crippen molar-refractivity contribution in [2.45, 2.75) is 102 Å². The fourth-order valence-electron chi connectivity index (χ4n) is 5.89. The molecule has 5 rings (SSSR count). The van der Waals surface area contributed by atoms with E-state index in [-0.39, 0.29) is 52.4 Å². The Labute approximate surface area is 235 Å². The standard InChI is InChI=1S/C29H41F3N4O3Si/c1-28(2,3)40(5,6)39-21-11-9-20(10-12-21)36-14-13-35(17-24(36)37)27(38)26-33-23-16-19(18-7-8-18)15-22(29(30,31)32)25(23)34(26)4/h15-16,18,20-21H,7-14,17H2,1-6H3/t20-,21-. The molecular weight excluding hydrogens is 537 g/mol. The summed E-state index contributed by atoms with van der Waals surface area (Å²) in [5.41, 5.74) is -0.0776. The summed E-state index contributed by atoms with van der Waals surface area (Å²) < 4.78 is 49.7. The molecule has 0 bridgehead atoms. The predicted octanol–water partition coefficient (Wildman–Crippen LogP) is 6.09. The van der Waals surface area contributed by atoms with Crippen LogP contribution in [0, 0.1) is 0 Å². The van der Waals surface area contributed by atoms with Gasteiger partial charge in [-0.25, -0.2) is 4.98 Å². The highest BCUT2D eigenvalue weighted by Crippen LogP contribution is 2.44. The number of fused-ring (bicyclic) bond motifs is 1. The highest BCUT2D eigenvalue weighted by Gasteiger charge is 2.42. The molecule has 0 N–H and O–H groups in total. The van der Waals surface area contributed by atoms with Crippen LogP contribution in [-0.4, -0.2) is 71.3 Å². The molecule has 3 aliphatic rings. The quantitative estimate of drug-likeness (QED) is 0.403. The van der Waals surface area contributed by atoms with Gasteiger partial charge in [0.05, 0.1) is 16.6 Å². The molecule has 1 aromatic carbocycles. The maximum Gasteiger partial charge on any atom is 0.418 e. The Kier molecular flexibility index (Phi) is 7.38. The zero-order valence-electron chi connectivity index (χ0n) is 24.4. The van der Waals surface area contributed by atoms with Gasteiger partial charge in [-0.3, -0.25) is 9.59 Å². The zero-order valence-corrected chi connectivity index (χ0v) is 25.4. The number of alkyl halides is 3. The van der Waals surface area contributed by atoms with Gasteiger partial charge in [0.2, 0.25) is 5.91 Å². The van der Waals surface area contributed by atoms with Crippen molar-refractivity contribution in [2.75, 3.05) is 19.6 Å². The van der Waals surface area contributed by atoms with Gasteiger partial charge in [0, 0.05) is 32.3 Å². The van der Waals surface area contributed by atoms with Gasteiger partial charge < -0.3 is 18.8 Å². The molecule has 0 unspecified atom stereocenters. The third kappa shape index (κ3) is 5.55. The topological polar surface area (TPSA) is 67.7 Å². The molecule has 1 aliphatic heterocycles. The summed E-state index contributed by atoms with van der Waals surface area (Å²) in [4.78, 5) is 34.3. The molecule has 2 heterocycles. The van der Waals surface area contributed by atoms with Crippen LogP contribution in [-0.2, 0) is 22.4 Å². The van der Waals surface area contributed by atoms with E-state index in [0.717, 1.165) is 38.5 Å². The van der Waals surface area contributed by atoms with Crippen LogP contribution in [0.5, 0.6) is 0 Å². The minimum Gasteiger partial charge on any atom is -0.414 e. The number of hydrogen-bond donors (Lipinski definition) is 0. The second kappa shape index (κ2) is 10.1. The first-order valence-electron chi connectivity index (χ1n) is 14.4. The number of aromatic nitrogens is 2. The molecule has 7 nitrogen and oxygen atoms in total. The number of rotatable bonds is 5. The van der Waals surface area contributed by atoms with Crippen LogP contribution in [0.1, 0.15) is 87.0 Å². The molecule has 3 fully saturated rings. The molecule has 2 amide bonds. The van der Waals surface area contributed by atoms with Gasteiger partial charge in [-0.15, -0.1) is 0 Å². The van der Waals surface area contributed by atoms with Crippen LogP contribution in [0.15, 0.2) is 12.1 Å². The van der Waals surface area contributed by atoms with Gasteiger partial charge >= 0.3 is 6.18 Å². The van der Waals surface area contributed by atoms with Gasteiger partial charge in [-0.1, -0.05) is 20.8 Å². The van der Waals surface area contributed by atoms with E-state index in [9.17, 15) is 22.8 Å². The van der Waals surface area contributed by atoms with Gasteiger partial charge in [-0.05, 0) is 80.3 Å². The number of nitrogens with zero attached hydrogens (tertiary/aromatic N) is 4. The van der Waals surface area contributed by atoms with Crippen molar-refractivity contribution in [1.29, 1.82) is 0 Å². The lowest BCUT2D eigenvalue weighted by Gasteiger charge is -2.44. The summed E-state index contributed by atoms with van der Waals surface area (Å²) in [5.74, 6) is -0.595. The van der Waals surface area contributed by atoms with Gasteiger partial charge in [-0.2, -0.15) is 13.2 Å². The molecule has 220 valence electrons. The Morgan fingerprint density at radius 2 is 1.68 bits per heavy atom. The summed E-state index contributed by atoms with van der Waals surface area (Å²) in [7, 11) is -0.412. The van der Waals surface area contributed by atoms with Crippen molar-refractivity contribution in [3.63, 3.8) is 0 Å². The molecule has 0 radical (unpaired) electrons. The Balaban J connectivity index is 1.26. The average Bonchev–Trinajstić information content (AvgIpc) is 3.66. The van der Waals surface area contributed by atoms with Gasteiger partial charge in [0.1, 0.15) is 6.54 Å². The van der Waals surface area contributed by atoms with E-state index in [2.05, 4.69) is 38.8 Å². The fourth-order valence-corrected chi connectivity index (χ4v) is 7.31. The van der Waals surface area contributed by atoms with Crippen molar-refractivity contribution in [3.05, 3.63) is 29.1 Å². The maximum absolute atomic E-state index is 14.0. The highest BCUT2D eigenvalue weighted by molar-refractivity contribution is 6.74. The molecule has 0 atom stereocenters. The van der Waals surface area contributed by atoms with Crippen LogP contribution in [0.2, 0.25) is 18.1 Å². The minimum absolute atomic E-state index is 0.0713. The van der Waals surface area contributed by atoms with Crippen molar-refractivity contribution in [1.82, 2.24) is 19.4 Å². The van der Waals surface area contributed by atoms with E-state index in [0.29, 0.717) is 18.7 Å². The third-order valence-corrected chi connectivity index (χ3v) is 14.0. The van der Waals surface area contributed by atoms with Gasteiger partial charge in [0.15, 0.2) is 14.1 Å². The van der Waals surface area contributed by atoms with Crippen molar-refractivity contribution in [2.24, 2.45) is 7.05 Å². The number of benzene rings is 1. The number of carbonyl (C=O) groups excluding carboxylic acids is 2. The smallest absolute Gasteiger partial charge is 0.414 e. The van der Waals surface area contributed by atoms with E-state index in [1.54, 1.807) is 6.07 Å². The van der Waals surface area contributed by atoms with Crippen LogP contribution in [0.4, 0.5) is 13.2 Å². The van der Waals surface area contributed by atoms with E-state index in [1.165, 1.54) is 22.6 Å². The van der Waals surface area contributed by atoms with Crippen molar-refractivity contribution >= 4 is 31.2 Å². The number of hydrogen-bond acceptors (Lipinski definition) is 4. The first kappa shape index (κ1) is 29.1. The highest BCUT2D eigenvalue weighted by atomic mass is 28.4. The Morgan fingerprint density at radius 1 is 1.02 bits per heavy atom. The number of piperazine rings is 1. The van der Waals surface area contributed by atoms with Crippen molar-refractivity contribution in [3.8, 4) is 0 Å². The summed E-state index contributed by atoms with van der Waals surface area (Å²) >= 11 is 0. The lowest BCUT2D eigenvalue weighted by atomic mass is 9.91. The Morgan fingerprint density at radius 3 is 2.23 bits per heavy atom. The SMILES string of the molecule is Cn1c(C(=O)N2CCN([C@H]3CC[C@H](O[Si](C)(C)C(C)(C)C)CC3)C(=O)C2)nc2cc(C3CC3)cc(C(F)(F)F)c21. The Bertz CT molecular complexity index is 1300. The number of imidazole rings is 1. The monoisotopic (exact) mass is 578 g/mol. The van der Waals surface area contributed by atoms with Crippen LogP contribution in [0.25, 0.3) is 11.0 Å². The lowest BCUT2D eigenvalue weighted by Crippen LogP contribution is -2.56. The fraction of sp³-hybridized carbons (Fsp3) is 0.690. The van der Waals surface area contributed by atoms with Crippen LogP contribution < -0.4 is 0 Å². The summed E-state index contributed by atoms with van der Waals surface area (Å²) in [6.45, 7) is 11.9. The molecule has 2 saturated carbocycles. The second-order valence-electron chi connectivity index (χ2n) is 13.3. The second-order valence-corrected chi connectivity index (χ2v) is 18.1. The molecule has 2 aliphatic carbocycles. The molecule has 2 aromatic rings. The molecule has 40 heavy (non-hydrogen) atoms. The summed E-state index contributed by atoms with van der Waals surface area (Å²) in [6.07, 6.45) is 0.934. The van der Waals surface area contributed by atoms with E-state index < -0.39 is 26.0 Å². The van der Waals surface area contributed by atoms with Crippen LogP contribution in [0.3, 0.4) is 0 Å². The number of carbonyl (C=O) groups is 2. The first-order chi connectivity index (χ1) is 18.6. The van der Waals surface area contributed by atoms with E-state index >= 15 is 0 Å².